The molecule has 1 atom stereocenters. The summed E-state index contributed by atoms with van der Waals surface area (Å²) in [6.45, 7) is 6.63. The van der Waals surface area contributed by atoms with Crippen LogP contribution in [0.15, 0.2) is 18.6 Å². The number of amides is 1. The summed E-state index contributed by atoms with van der Waals surface area (Å²) in [5.41, 5.74) is 2.23. The van der Waals surface area contributed by atoms with Crippen molar-refractivity contribution < 1.29 is 14.7 Å². The summed E-state index contributed by atoms with van der Waals surface area (Å²) in [4.78, 5) is 25.0. The lowest BCUT2D eigenvalue weighted by Gasteiger charge is -2.15. The summed E-state index contributed by atoms with van der Waals surface area (Å²) < 4.78 is 3.10. The van der Waals surface area contributed by atoms with Crippen LogP contribution in [0.25, 0.3) is 0 Å². The van der Waals surface area contributed by atoms with Gasteiger partial charge >= 0.3 is 5.97 Å². The normalized spacial score (nSPS) is 12.2. The maximum absolute atomic E-state index is 12.4. The lowest BCUT2D eigenvalue weighted by molar-refractivity contribution is -0.140. The van der Waals surface area contributed by atoms with E-state index in [-0.39, 0.29) is 5.91 Å². The van der Waals surface area contributed by atoms with Crippen LogP contribution in [0.3, 0.4) is 0 Å². The molecule has 0 aliphatic rings. The first-order chi connectivity index (χ1) is 10.8. The Hall–Kier alpha value is -2.64. The van der Waals surface area contributed by atoms with E-state index in [1.807, 2.05) is 24.7 Å². The summed E-state index contributed by atoms with van der Waals surface area (Å²) in [7, 11) is 1.70. The fraction of sp³-hybridized carbons (Fsp3) is 0.467. The van der Waals surface area contributed by atoms with E-state index in [9.17, 15) is 9.59 Å². The highest BCUT2D eigenvalue weighted by atomic mass is 16.4. The van der Waals surface area contributed by atoms with Gasteiger partial charge in [-0.3, -0.25) is 14.2 Å². The fourth-order valence-electron chi connectivity index (χ4n) is 2.20. The molecule has 0 bridgehead atoms. The first-order valence-corrected chi connectivity index (χ1v) is 7.38. The van der Waals surface area contributed by atoms with Crippen LogP contribution in [-0.2, 0) is 17.9 Å². The van der Waals surface area contributed by atoms with Crippen molar-refractivity contribution in [3.8, 4) is 0 Å². The number of carboxylic acid groups (broad SMARTS) is 1. The van der Waals surface area contributed by atoms with Crippen molar-refractivity contribution in [2.45, 2.75) is 39.9 Å². The Morgan fingerprint density at radius 2 is 2.09 bits per heavy atom. The van der Waals surface area contributed by atoms with Gasteiger partial charge in [-0.1, -0.05) is 0 Å². The highest BCUT2D eigenvalue weighted by molar-refractivity contribution is 5.93. The van der Waals surface area contributed by atoms with Gasteiger partial charge in [-0.2, -0.15) is 10.2 Å². The SMILES string of the molecule is CCn1cc(CN(C)C(=O)c2cnn(C(C)C(=O)O)c2)c(C)n1. The first-order valence-electron chi connectivity index (χ1n) is 7.38. The molecule has 0 radical (unpaired) electrons. The molecule has 2 aromatic heterocycles. The molecule has 124 valence electrons. The van der Waals surface area contributed by atoms with Gasteiger partial charge in [0.1, 0.15) is 6.04 Å². The van der Waals surface area contributed by atoms with Crippen molar-refractivity contribution in [1.82, 2.24) is 24.5 Å². The smallest absolute Gasteiger partial charge is 0.328 e. The summed E-state index contributed by atoms with van der Waals surface area (Å²) in [6.07, 6.45) is 4.77. The maximum atomic E-state index is 12.4. The Morgan fingerprint density at radius 1 is 1.39 bits per heavy atom. The number of aryl methyl sites for hydroxylation is 2. The third-order valence-corrected chi connectivity index (χ3v) is 3.73. The number of hydrogen-bond acceptors (Lipinski definition) is 4. The highest BCUT2D eigenvalue weighted by Gasteiger charge is 2.19. The first kappa shape index (κ1) is 16.7. The summed E-state index contributed by atoms with van der Waals surface area (Å²) >= 11 is 0. The van der Waals surface area contributed by atoms with Gasteiger partial charge in [-0.25, -0.2) is 4.79 Å². The van der Waals surface area contributed by atoms with E-state index in [1.54, 1.807) is 11.9 Å². The number of nitrogens with zero attached hydrogens (tertiary/aromatic N) is 5. The van der Waals surface area contributed by atoms with Crippen LogP contribution < -0.4 is 0 Å². The standard InChI is InChI=1S/C15H21N5O3/c1-5-19-8-13(10(2)17-19)7-18(4)14(21)12-6-16-20(9-12)11(3)15(22)23/h6,8-9,11H,5,7H2,1-4H3,(H,22,23). The number of carbonyl (C=O) groups is 2. The molecule has 2 aromatic rings. The van der Waals surface area contributed by atoms with Gasteiger partial charge in [-0.05, 0) is 20.8 Å². The van der Waals surface area contributed by atoms with Crippen LogP contribution in [-0.4, -0.2) is 48.5 Å². The van der Waals surface area contributed by atoms with Crippen LogP contribution in [0.2, 0.25) is 0 Å². The molecule has 0 aliphatic carbocycles. The Kier molecular flexibility index (Phi) is 4.83. The van der Waals surface area contributed by atoms with Gasteiger partial charge in [0.05, 0.1) is 17.5 Å². The zero-order valence-corrected chi connectivity index (χ0v) is 13.7. The number of aromatic nitrogens is 4. The summed E-state index contributed by atoms with van der Waals surface area (Å²) in [5, 5.41) is 17.3. The summed E-state index contributed by atoms with van der Waals surface area (Å²) in [5.74, 6) is -1.21. The van der Waals surface area contributed by atoms with Crippen LogP contribution >= 0.6 is 0 Å². The minimum atomic E-state index is -0.997. The second-order valence-electron chi connectivity index (χ2n) is 5.48. The second-order valence-corrected chi connectivity index (χ2v) is 5.48. The molecule has 1 N–H and O–H groups in total. The van der Waals surface area contributed by atoms with Crippen molar-refractivity contribution >= 4 is 11.9 Å². The minimum absolute atomic E-state index is 0.211. The third-order valence-electron chi connectivity index (χ3n) is 3.73. The largest absolute Gasteiger partial charge is 0.480 e. The molecule has 8 nitrogen and oxygen atoms in total. The highest BCUT2D eigenvalue weighted by Crippen LogP contribution is 2.13. The van der Waals surface area contributed by atoms with E-state index in [1.165, 1.54) is 24.0 Å². The van der Waals surface area contributed by atoms with Crippen molar-refractivity contribution in [2.75, 3.05) is 7.05 Å². The molecule has 0 aromatic carbocycles. The van der Waals surface area contributed by atoms with Crippen molar-refractivity contribution in [2.24, 2.45) is 0 Å². The maximum Gasteiger partial charge on any atom is 0.328 e. The molecule has 2 heterocycles. The predicted molar refractivity (Wildman–Crippen MR) is 83.0 cm³/mol. The zero-order chi connectivity index (χ0) is 17.1. The van der Waals surface area contributed by atoms with Gasteiger partial charge in [-0.15, -0.1) is 0 Å². The molecule has 0 saturated heterocycles. The van der Waals surface area contributed by atoms with E-state index in [2.05, 4.69) is 10.2 Å². The minimum Gasteiger partial charge on any atom is -0.480 e. The van der Waals surface area contributed by atoms with Crippen LogP contribution in [0, 0.1) is 6.92 Å². The van der Waals surface area contributed by atoms with E-state index in [4.69, 9.17) is 5.11 Å². The number of carbonyl (C=O) groups excluding carboxylic acids is 1. The molecule has 1 unspecified atom stereocenters. The average Bonchev–Trinajstić information content (AvgIpc) is 3.13. The zero-order valence-electron chi connectivity index (χ0n) is 13.7. The third kappa shape index (κ3) is 3.58. The number of aliphatic carboxylic acids is 1. The van der Waals surface area contributed by atoms with E-state index >= 15 is 0 Å². The van der Waals surface area contributed by atoms with Gasteiger partial charge in [0.25, 0.3) is 5.91 Å². The van der Waals surface area contributed by atoms with Gasteiger partial charge in [0, 0.05) is 38.1 Å². The number of carboxylic acids is 1. The quantitative estimate of drug-likeness (QED) is 0.867. The van der Waals surface area contributed by atoms with E-state index in [0.29, 0.717) is 12.1 Å². The Bertz CT molecular complexity index is 719. The van der Waals surface area contributed by atoms with Crippen molar-refractivity contribution in [3.05, 3.63) is 35.4 Å². The van der Waals surface area contributed by atoms with E-state index < -0.39 is 12.0 Å². The fourth-order valence-corrected chi connectivity index (χ4v) is 2.20. The predicted octanol–water partition coefficient (Wildman–Crippen LogP) is 1.33. The van der Waals surface area contributed by atoms with Crippen molar-refractivity contribution in [3.63, 3.8) is 0 Å². The molecule has 23 heavy (non-hydrogen) atoms. The lowest BCUT2D eigenvalue weighted by atomic mass is 10.2. The molecule has 0 fully saturated rings. The topological polar surface area (TPSA) is 93.2 Å². The Morgan fingerprint density at radius 3 is 2.65 bits per heavy atom. The van der Waals surface area contributed by atoms with E-state index in [0.717, 1.165) is 17.8 Å². The Balaban J connectivity index is 2.10. The molecule has 8 heteroatoms. The van der Waals surface area contributed by atoms with Crippen LogP contribution in [0.5, 0.6) is 0 Å². The lowest BCUT2D eigenvalue weighted by Crippen LogP contribution is -2.26. The molecule has 0 aliphatic heterocycles. The van der Waals surface area contributed by atoms with Crippen molar-refractivity contribution in [1.29, 1.82) is 0 Å². The molecule has 1 amide bonds. The van der Waals surface area contributed by atoms with Crippen LogP contribution in [0.4, 0.5) is 0 Å². The molecule has 0 saturated carbocycles. The average molecular weight is 319 g/mol. The van der Waals surface area contributed by atoms with Gasteiger partial charge in [0.2, 0.25) is 0 Å². The second kappa shape index (κ2) is 6.64. The monoisotopic (exact) mass is 319 g/mol. The molecule has 2 rings (SSSR count). The van der Waals surface area contributed by atoms with Crippen LogP contribution in [0.1, 0.15) is 41.5 Å². The number of rotatable bonds is 6. The Labute approximate surface area is 134 Å². The van der Waals surface area contributed by atoms with Gasteiger partial charge < -0.3 is 10.0 Å². The molecular formula is C15H21N5O3. The van der Waals surface area contributed by atoms with Gasteiger partial charge in [0.15, 0.2) is 0 Å². The molecular weight excluding hydrogens is 298 g/mol. The molecule has 0 spiro atoms. The number of hydrogen-bond donors (Lipinski definition) is 1. The summed E-state index contributed by atoms with van der Waals surface area (Å²) in [6, 6.07) is -0.813.